The molecule has 1 N–H and O–H groups in total. The quantitative estimate of drug-likeness (QED) is 0.880. The average Bonchev–Trinajstić information content (AvgIpc) is 3.07. The van der Waals surface area contributed by atoms with Gasteiger partial charge in [0.2, 0.25) is 11.7 Å². The fourth-order valence-electron chi connectivity index (χ4n) is 1.70. The number of ether oxygens (including phenoxy) is 1. The molecule has 7 nitrogen and oxygen atoms in total. The molecule has 0 unspecified atom stereocenters. The third kappa shape index (κ3) is 3.48. The second kappa shape index (κ2) is 6.22. The van der Waals surface area contributed by atoms with Crippen molar-refractivity contribution in [2.75, 3.05) is 7.11 Å². The minimum Gasteiger partial charge on any atom is -0.446 e. The number of carbonyl (C=O) groups is 1. The summed E-state index contributed by atoms with van der Waals surface area (Å²) in [6.45, 7) is 3.35. The van der Waals surface area contributed by atoms with Gasteiger partial charge in [0.15, 0.2) is 5.69 Å². The number of amides is 1. The lowest BCUT2D eigenvalue weighted by Crippen LogP contribution is -2.41. The van der Waals surface area contributed by atoms with Gasteiger partial charge in [-0.05, 0) is 13.8 Å². The maximum absolute atomic E-state index is 12.5. The standard InChI is InChI=1S/C13H15F2N3O4/c1-13(2,9-4-8(11(14)15)22-18-9)17-12(19)7-5-21-10(16-7)6-20-3/h4-5,11H,6H2,1-3H3,(H,17,19). The first-order valence-electron chi connectivity index (χ1n) is 6.34. The van der Waals surface area contributed by atoms with Crippen molar-refractivity contribution in [3.05, 3.63) is 35.4 Å². The van der Waals surface area contributed by atoms with Crippen LogP contribution in [0.4, 0.5) is 8.78 Å². The molecule has 2 heterocycles. The lowest BCUT2D eigenvalue weighted by molar-refractivity contribution is 0.0901. The number of aromatic nitrogens is 2. The van der Waals surface area contributed by atoms with Crippen molar-refractivity contribution < 1.29 is 27.3 Å². The number of nitrogens with one attached hydrogen (secondary N) is 1. The first-order valence-corrected chi connectivity index (χ1v) is 6.34. The predicted octanol–water partition coefficient (Wildman–Crippen LogP) is 2.41. The van der Waals surface area contributed by atoms with E-state index in [9.17, 15) is 13.6 Å². The van der Waals surface area contributed by atoms with Crippen molar-refractivity contribution in [3.8, 4) is 0 Å². The molecule has 9 heteroatoms. The van der Waals surface area contributed by atoms with Crippen LogP contribution in [0.2, 0.25) is 0 Å². The predicted molar refractivity (Wildman–Crippen MR) is 69.2 cm³/mol. The Hall–Kier alpha value is -2.29. The largest absolute Gasteiger partial charge is 0.446 e. The second-order valence-corrected chi connectivity index (χ2v) is 5.05. The normalized spacial score (nSPS) is 11.9. The molecule has 2 aromatic rings. The number of oxazole rings is 1. The fourth-order valence-corrected chi connectivity index (χ4v) is 1.70. The van der Waals surface area contributed by atoms with E-state index in [1.807, 2.05) is 0 Å². The van der Waals surface area contributed by atoms with Crippen molar-refractivity contribution in [2.45, 2.75) is 32.4 Å². The molecule has 0 radical (unpaired) electrons. The highest BCUT2D eigenvalue weighted by atomic mass is 19.3. The highest BCUT2D eigenvalue weighted by Gasteiger charge is 2.29. The average molecular weight is 315 g/mol. The summed E-state index contributed by atoms with van der Waals surface area (Å²) >= 11 is 0. The highest BCUT2D eigenvalue weighted by Crippen LogP contribution is 2.25. The highest BCUT2D eigenvalue weighted by molar-refractivity contribution is 5.92. The summed E-state index contributed by atoms with van der Waals surface area (Å²) in [4.78, 5) is 16.1. The van der Waals surface area contributed by atoms with Gasteiger partial charge in [-0.2, -0.15) is 0 Å². The van der Waals surface area contributed by atoms with Crippen molar-refractivity contribution in [1.29, 1.82) is 0 Å². The van der Waals surface area contributed by atoms with E-state index in [0.717, 1.165) is 6.07 Å². The van der Waals surface area contributed by atoms with Gasteiger partial charge in [0.05, 0.1) is 5.54 Å². The number of hydrogen-bond donors (Lipinski definition) is 1. The summed E-state index contributed by atoms with van der Waals surface area (Å²) in [7, 11) is 1.47. The van der Waals surface area contributed by atoms with Crippen LogP contribution in [0.5, 0.6) is 0 Å². The Morgan fingerprint density at radius 1 is 1.50 bits per heavy atom. The SMILES string of the molecule is COCc1nc(C(=O)NC(C)(C)c2cc(C(F)F)on2)co1. The Balaban J connectivity index is 2.10. The van der Waals surface area contributed by atoms with E-state index in [2.05, 4.69) is 20.0 Å². The van der Waals surface area contributed by atoms with Gasteiger partial charge in [-0.1, -0.05) is 5.16 Å². The smallest absolute Gasteiger partial charge is 0.298 e. The number of carbonyl (C=O) groups excluding carboxylic acids is 1. The molecule has 0 fully saturated rings. The zero-order valence-corrected chi connectivity index (χ0v) is 12.2. The molecule has 0 aliphatic carbocycles. The van der Waals surface area contributed by atoms with Crippen LogP contribution in [0.25, 0.3) is 0 Å². The number of nitrogens with zero attached hydrogens (tertiary/aromatic N) is 2. The van der Waals surface area contributed by atoms with Crippen molar-refractivity contribution >= 4 is 5.91 Å². The Morgan fingerprint density at radius 2 is 2.23 bits per heavy atom. The molecule has 0 aliphatic heterocycles. The van der Waals surface area contributed by atoms with E-state index in [1.165, 1.54) is 13.4 Å². The van der Waals surface area contributed by atoms with Crippen molar-refractivity contribution in [1.82, 2.24) is 15.5 Å². The van der Waals surface area contributed by atoms with E-state index >= 15 is 0 Å². The van der Waals surface area contributed by atoms with Gasteiger partial charge in [0.1, 0.15) is 18.6 Å². The Morgan fingerprint density at radius 3 is 2.82 bits per heavy atom. The van der Waals surface area contributed by atoms with Gasteiger partial charge in [-0.3, -0.25) is 4.79 Å². The molecule has 0 atom stereocenters. The second-order valence-electron chi connectivity index (χ2n) is 5.05. The topological polar surface area (TPSA) is 90.4 Å². The van der Waals surface area contributed by atoms with Crippen LogP contribution in [0.15, 0.2) is 21.3 Å². The molecule has 0 aliphatic rings. The number of alkyl halides is 2. The molecule has 0 saturated carbocycles. The maximum Gasteiger partial charge on any atom is 0.298 e. The first kappa shape index (κ1) is 16.1. The molecular weight excluding hydrogens is 300 g/mol. The summed E-state index contributed by atoms with van der Waals surface area (Å²) in [6, 6.07) is 1.10. The molecule has 0 saturated heterocycles. The van der Waals surface area contributed by atoms with Gasteiger partial charge < -0.3 is 19.0 Å². The Kier molecular flexibility index (Phi) is 4.55. The molecule has 22 heavy (non-hydrogen) atoms. The molecule has 120 valence electrons. The fraction of sp³-hybridized carbons (Fsp3) is 0.462. The molecule has 2 aromatic heterocycles. The van der Waals surface area contributed by atoms with Gasteiger partial charge >= 0.3 is 0 Å². The number of halogens is 2. The number of methoxy groups -OCH3 is 1. The zero-order valence-electron chi connectivity index (χ0n) is 12.2. The van der Waals surface area contributed by atoms with Crippen LogP contribution in [0, 0.1) is 0 Å². The lowest BCUT2D eigenvalue weighted by atomic mass is 10.0. The lowest BCUT2D eigenvalue weighted by Gasteiger charge is -2.22. The van der Waals surface area contributed by atoms with Crippen LogP contribution in [0.3, 0.4) is 0 Å². The van der Waals surface area contributed by atoms with Crippen molar-refractivity contribution in [2.24, 2.45) is 0 Å². The summed E-state index contributed by atoms with van der Waals surface area (Å²) < 4.78 is 39.5. The third-order valence-corrected chi connectivity index (χ3v) is 2.86. The summed E-state index contributed by atoms with van der Waals surface area (Å²) in [5.41, 5.74) is -0.789. The zero-order chi connectivity index (χ0) is 16.3. The van der Waals surface area contributed by atoms with Gasteiger partial charge in [-0.15, -0.1) is 0 Å². The van der Waals surface area contributed by atoms with Crippen LogP contribution in [-0.2, 0) is 16.9 Å². The molecule has 0 aromatic carbocycles. The molecule has 2 rings (SSSR count). The molecule has 1 amide bonds. The van der Waals surface area contributed by atoms with Crippen LogP contribution in [0.1, 0.15) is 48.1 Å². The Bertz CT molecular complexity index is 651. The minimum absolute atomic E-state index is 0.0534. The van der Waals surface area contributed by atoms with Crippen LogP contribution in [-0.4, -0.2) is 23.2 Å². The van der Waals surface area contributed by atoms with E-state index in [4.69, 9.17) is 9.15 Å². The van der Waals surface area contributed by atoms with Crippen LogP contribution < -0.4 is 5.32 Å². The number of rotatable bonds is 6. The van der Waals surface area contributed by atoms with Crippen LogP contribution >= 0.6 is 0 Å². The summed E-state index contributed by atoms with van der Waals surface area (Å²) in [5.74, 6) is -0.828. The first-order chi connectivity index (χ1) is 10.3. The molecule has 0 spiro atoms. The summed E-state index contributed by atoms with van der Waals surface area (Å²) in [5, 5.41) is 6.18. The van der Waals surface area contributed by atoms with Gasteiger partial charge in [0, 0.05) is 13.2 Å². The summed E-state index contributed by atoms with van der Waals surface area (Å²) in [6.07, 6.45) is -1.58. The van der Waals surface area contributed by atoms with Crippen molar-refractivity contribution in [3.63, 3.8) is 0 Å². The monoisotopic (exact) mass is 315 g/mol. The Labute approximate surface area is 124 Å². The maximum atomic E-state index is 12.5. The third-order valence-electron chi connectivity index (χ3n) is 2.86. The van der Waals surface area contributed by atoms with E-state index in [1.54, 1.807) is 13.8 Å². The van der Waals surface area contributed by atoms with E-state index < -0.39 is 23.6 Å². The minimum atomic E-state index is -2.76. The number of hydrogen-bond acceptors (Lipinski definition) is 6. The van der Waals surface area contributed by atoms with E-state index in [0.29, 0.717) is 0 Å². The van der Waals surface area contributed by atoms with Gasteiger partial charge in [0.25, 0.3) is 12.3 Å². The molecular formula is C13H15F2N3O4. The van der Waals surface area contributed by atoms with Gasteiger partial charge in [-0.25, -0.2) is 13.8 Å². The van der Waals surface area contributed by atoms with E-state index in [-0.39, 0.29) is 23.9 Å². The molecule has 0 bridgehead atoms.